The van der Waals surface area contributed by atoms with E-state index < -0.39 is 0 Å². The van der Waals surface area contributed by atoms with Crippen LogP contribution < -0.4 is 10.1 Å². The van der Waals surface area contributed by atoms with Gasteiger partial charge in [0, 0.05) is 18.7 Å². The summed E-state index contributed by atoms with van der Waals surface area (Å²) in [4.78, 5) is 14.4. The van der Waals surface area contributed by atoms with Crippen LogP contribution in [-0.2, 0) is 0 Å². The third-order valence-corrected chi connectivity index (χ3v) is 3.79. The van der Waals surface area contributed by atoms with Crippen LogP contribution >= 0.6 is 0 Å². The average Bonchev–Trinajstić information content (AvgIpc) is 2.48. The number of rotatable bonds is 4. The highest BCUT2D eigenvalue weighted by Crippen LogP contribution is 2.26. The topological polar surface area (TPSA) is 61.8 Å². The van der Waals surface area contributed by atoms with E-state index in [0.29, 0.717) is 17.9 Å². The van der Waals surface area contributed by atoms with Gasteiger partial charge in [0.15, 0.2) is 0 Å². The van der Waals surface area contributed by atoms with Crippen molar-refractivity contribution in [2.45, 2.75) is 25.8 Å². The third kappa shape index (κ3) is 3.04. The van der Waals surface area contributed by atoms with Crippen molar-refractivity contribution in [2.75, 3.05) is 26.7 Å². The van der Waals surface area contributed by atoms with Gasteiger partial charge >= 0.3 is 0 Å². The number of phenolic OH excluding ortho intramolecular Hbond substituents is 1. The number of nitrogens with zero attached hydrogens (tertiary/aromatic N) is 1. The molecule has 5 nitrogen and oxygen atoms in total. The maximum absolute atomic E-state index is 12.6. The molecule has 2 N–H and O–H groups in total. The molecule has 0 atom stereocenters. The molecule has 5 heteroatoms. The number of amides is 1. The molecule has 1 aromatic carbocycles. The van der Waals surface area contributed by atoms with Crippen LogP contribution in [0.3, 0.4) is 0 Å². The van der Waals surface area contributed by atoms with Gasteiger partial charge in [0.25, 0.3) is 5.91 Å². The Morgan fingerprint density at radius 2 is 2.15 bits per heavy atom. The number of nitrogens with one attached hydrogen (secondary N) is 1. The fourth-order valence-corrected chi connectivity index (χ4v) is 2.66. The highest BCUT2D eigenvalue weighted by atomic mass is 16.5. The Balaban J connectivity index is 2.19. The number of methoxy groups -OCH3 is 1. The first-order chi connectivity index (χ1) is 9.67. The molecule has 1 aliphatic rings. The number of piperidine rings is 1. The van der Waals surface area contributed by atoms with E-state index in [-0.39, 0.29) is 17.7 Å². The number of aromatic hydroxyl groups is 1. The molecular formula is C15H22N2O3. The largest absolute Gasteiger partial charge is 0.507 e. The van der Waals surface area contributed by atoms with Crippen LogP contribution in [0.4, 0.5) is 0 Å². The van der Waals surface area contributed by atoms with Crippen molar-refractivity contribution in [3.05, 3.63) is 23.8 Å². The molecular weight excluding hydrogens is 256 g/mol. The minimum absolute atomic E-state index is 0.0262. The third-order valence-electron chi connectivity index (χ3n) is 3.79. The summed E-state index contributed by atoms with van der Waals surface area (Å²) in [7, 11) is 1.53. The van der Waals surface area contributed by atoms with E-state index in [1.165, 1.54) is 13.2 Å². The van der Waals surface area contributed by atoms with E-state index in [9.17, 15) is 9.90 Å². The first-order valence-corrected chi connectivity index (χ1v) is 7.06. The molecule has 1 heterocycles. The Labute approximate surface area is 119 Å². The predicted octanol–water partition coefficient (Wildman–Crippen LogP) is 1.61. The maximum atomic E-state index is 12.6. The summed E-state index contributed by atoms with van der Waals surface area (Å²) in [5.41, 5.74) is 0.339. The van der Waals surface area contributed by atoms with Crippen molar-refractivity contribution in [3.63, 3.8) is 0 Å². The van der Waals surface area contributed by atoms with Crippen molar-refractivity contribution >= 4 is 5.91 Å². The van der Waals surface area contributed by atoms with E-state index in [2.05, 4.69) is 5.32 Å². The lowest BCUT2D eigenvalue weighted by molar-refractivity contribution is 0.0653. The van der Waals surface area contributed by atoms with Gasteiger partial charge in [-0.15, -0.1) is 0 Å². The predicted molar refractivity (Wildman–Crippen MR) is 77.3 cm³/mol. The van der Waals surface area contributed by atoms with Gasteiger partial charge in [0.1, 0.15) is 11.5 Å². The Morgan fingerprint density at radius 1 is 1.45 bits per heavy atom. The molecule has 1 aromatic rings. The van der Waals surface area contributed by atoms with Gasteiger partial charge in [-0.2, -0.15) is 0 Å². The Morgan fingerprint density at radius 3 is 2.70 bits per heavy atom. The van der Waals surface area contributed by atoms with Crippen molar-refractivity contribution < 1.29 is 14.6 Å². The lowest BCUT2D eigenvalue weighted by atomic mass is 10.0. The molecule has 1 aliphatic heterocycles. The second kappa shape index (κ2) is 6.61. The van der Waals surface area contributed by atoms with Crippen molar-refractivity contribution in [2.24, 2.45) is 0 Å². The zero-order chi connectivity index (χ0) is 14.5. The van der Waals surface area contributed by atoms with Gasteiger partial charge < -0.3 is 20.1 Å². The SMILES string of the molecule is CCN(C(=O)c1ccc(OC)cc1O)C1CCNCC1. The van der Waals surface area contributed by atoms with Crippen molar-refractivity contribution in [1.29, 1.82) is 0 Å². The molecule has 0 aliphatic carbocycles. The normalized spacial score (nSPS) is 15.9. The Bertz CT molecular complexity index is 470. The van der Waals surface area contributed by atoms with E-state index >= 15 is 0 Å². The van der Waals surface area contributed by atoms with Crippen LogP contribution in [0.5, 0.6) is 11.5 Å². The number of ether oxygens (including phenoxy) is 1. The molecule has 1 amide bonds. The summed E-state index contributed by atoms with van der Waals surface area (Å²) in [6, 6.07) is 5.04. The Hall–Kier alpha value is -1.75. The minimum Gasteiger partial charge on any atom is -0.507 e. The molecule has 110 valence electrons. The van der Waals surface area contributed by atoms with Crippen molar-refractivity contribution in [1.82, 2.24) is 10.2 Å². The highest BCUT2D eigenvalue weighted by Gasteiger charge is 2.26. The first kappa shape index (κ1) is 14.7. The van der Waals surface area contributed by atoms with Crippen LogP contribution in [0.2, 0.25) is 0 Å². The minimum atomic E-state index is -0.112. The second-order valence-corrected chi connectivity index (χ2v) is 4.96. The molecule has 0 saturated carbocycles. The van der Waals surface area contributed by atoms with Gasteiger partial charge in [-0.3, -0.25) is 4.79 Å². The van der Waals surface area contributed by atoms with Gasteiger partial charge in [0.05, 0.1) is 12.7 Å². The fraction of sp³-hybridized carbons (Fsp3) is 0.533. The summed E-state index contributed by atoms with van der Waals surface area (Å²) in [6.45, 7) is 4.49. The smallest absolute Gasteiger partial charge is 0.257 e. The molecule has 0 unspecified atom stereocenters. The van der Waals surface area contributed by atoms with E-state index in [0.717, 1.165) is 25.9 Å². The van der Waals surface area contributed by atoms with Crippen LogP contribution in [-0.4, -0.2) is 48.7 Å². The van der Waals surface area contributed by atoms with Crippen LogP contribution in [0.25, 0.3) is 0 Å². The number of hydrogen-bond acceptors (Lipinski definition) is 4. The summed E-state index contributed by atoms with van der Waals surface area (Å²) in [5.74, 6) is 0.408. The van der Waals surface area contributed by atoms with Crippen molar-refractivity contribution in [3.8, 4) is 11.5 Å². The first-order valence-electron chi connectivity index (χ1n) is 7.06. The highest BCUT2D eigenvalue weighted by molar-refractivity contribution is 5.97. The molecule has 20 heavy (non-hydrogen) atoms. The van der Waals surface area contributed by atoms with E-state index in [1.807, 2.05) is 11.8 Å². The molecule has 0 bridgehead atoms. The Kier molecular flexibility index (Phi) is 4.84. The zero-order valence-electron chi connectivity index (χ0n) is 12.1. The number of hydrogen-bond donors (Lipinski definition) is 2. The average molecular weight is 278 g/mol. The lowest BCUT2D eigenvalue weighted by Gasteiger charge is -2.34. The van der Waals surface area contributed by atoms with Gasteiger partial charge in [-0.25, -0.2) is 0 Å². The second-order valence-electron chi connectivity index (χ2n) is 4.96. The molecule has 0 spiro atoms. The zero-order valence-corrected chi connectivity index (χ0v) is 12.1. The van der Waals surface area contributed by atoms with E-state index in [1.54, 1.807) is 12.1 Å². The molecule has 1 fully saturated rings. The van der Waals surface area contributed by atoms with Crippen LogP contribution in [0, 0.1) is 0 Å². The number of phenols is 1. The van der Waals surface area contributed by atoms with Gasteiger partial charge in [-0.1, -0.05) is 0 Å². The number of carbonyl (C=O) groups excluding carboxylic acids is 1. The molecule has 0 aromatic heterocycles. The van der Waals surface area contributed by atoms with Gasteiger partial charge in [-0.05, 0) is 45.0 Å². The molecule has 1 saturated heterocycles. The maximum Gasteiger partial charge on any atom is 0.257 e. The summed E-state index contributed by atoms with van der Waals surface area (Å²) in [5, 5.41) is 13.3. The molecule has 0 radical (unpaired) electrons. The van der Waals surface area contributed by atoms with E-state index in [4.69, 9.17) is 4.74 Å². The quantitative estimate of drug-likeness (QED) is 0.878. The summed E-state index contributed by atoms with van der Waals surface area (Å²) >= 11 is 0. The number of carbonyl (C=O) groups is 1. The number of benzene rings is 1. The van der Waals surface area contributed by atoms with Gasteiger partial charge in [0.2, 0.25) is 0 Å². The monoisotopic (exact) mass is 278 g/mol. The van der Waals surface area contributed by atoms with Crippen LogP contribution in [0.1, 0.15) is 30.1 Å². The van der Waals surface area contributed by atoms with Crippen LogP contribution in [0.15, 0.2) is 18.2 Å². The summed E-state index contributed by atoms with van der Waals surface area (Å²) in [6.07, 6.45) is 1.91. The lowest BCUT2D eigenvalue weighted by Crippen LogP contribution is -2.46. The molecule has 2 rings (SSSR count). The standard InChI is InChI=1S/C15H22N2O3/c1-3-17(11-6-8-16-9-7-11)15(19)13-5-4-12(20-2)10-14(13)18/h4-5,10-11,16,18H,3,6-9H2,1-2H3. The fourth-order valence-electron chi connectivity index (χ4n) is 2.66. The summed E-state index contributed by atoms with van der Waals surface area (Å²) < 4.78 is 5.04.